The molecule has 0 atom stereocenters. The van der Waals surface area contributed by atoms with Crippen LogP contribution in [0.5, 0.6) is 0 Å². The average molecular weight is 1470 g/mol. The maximum Gasteiger partial charge on any atom is 0.265 e. The summed E-state index contributed by atoms with van der Waals surface area (Å²) >= 11 is 0. The van der Waals surface area contributed by atoms with Crippen molar-refractivity contribution in [3.63, 3.8) is 0 Å². The second-order valence-electron chi connectivity index (χ2n) is 28.1. The Balaban J connectivity index is 0.000000121. The van der Waals surface area contributed by atoms with Crippen LogP contribution in [0.25, 0.3) is 148 Å². The topological polar surface area (TPSA) is 49.6 Å². The van der Waals surface area contributed by atoms with Crippen molar-refractivity contribution in [3.8, 4) is 61.3 Å². The number of pyridine rings is 2. The van der Waals surface area contributed by atoms with Gasteiger partial charge in [0.05, 0.1) is 33.4 Å². The Bertz CT molecular complexity index is 6600. The average Bonchev–Trinajstić information content (AvgIpc) is 1.53. The van der Waals surface area contributed by atoms with Crippen molar-refractivity contribution in [2.75, 3.05) is 9.80 Å². The maximum atomic E-state index is 4.67. The normalized spacial score (nSPS) is 11.1. The highest BCUT2D eigenvalue weighted by molar-refractivity contribution is 7.05. The monoisotopic (exact) mass is 1470 g/mol. The van der Waals surface area contributed by atoms with Crippen LogP contribution in [0.2, 0.25) is 0 Å². The second kappa shape index (κ2) is 32.5. The molecular formula is C106H74BN6P. The fraction of sp³-hybridized carbons (Fsp3) is 0. The zero-order chi connectivity index (χ0) is 76.5. The van der Waals surface area contributed by atoms with Gasteiger partial charge in [0.25, 0.3) is 7.98 Å². The van der Waals surface area contributed by atoms with Gasteiger partial charge in [-0.3, -0.25) is 9.97 Å². The second-order valence-corrected chi connectivity index (χ2v) is 28.4. The molecule has 0 unspecified atom stereocenters. The van der Waals surface area contributed by atoms with Gasteiger partial charge in [-0.15, -0.1) is 0 Å². The Labute approximate surface area is 666 Å². The van der Waals surface area contributed by atoms with Crippen molar-refractivity contribution < 1.29 is 0 Å². The molecule has 3 aromatic heterocycles. The van der Waals surface area contributed by atoms with Crippen LogP contribution >= 0.6 is 9.03 Å². The minimum atomic E-state index is 0.946. The summed E-state index contributed by atoms with van der Waals surface area (Å²) in [5.41, 5.74) is 24.4. The Hall–Kier alpha value is -14.6. The van der Waals surface area contributed by atoms with Gasteiger partial charge in [-0.2, -0.15) is 0 Å². The van der Waals surface area contributed by atoms with Gasteiger partial charge in [0, 0.05) is 73.1 Å². The summed E-state index contributed by atoms with van der Waals surface area (Å²) in [4.78, 5) is 14.0. The standard InChI is InChI=1S/C44H32N2.C38H25N.C24H16N2.BHNP/c1-3-17-37(18-4-1)45(43-23-11-15-35-13-7-9-21-41(35)43)39-29-25-33(26-30-39)34-27-31-40(32-28-34)46(38-19-5-2-6-20-38)44-24-12-16-36-14-8-10-22-42(36)44;1-2-12-34(13-3-1)39-37-20-18-32(30-16-14-26-8-4-6-10-28(26)22-30)24-35(37)36-25-33(19-21-38(36)39)31-17-15-27-9-5-7-11-29(27)23-31;1-3-7-17(8-4-1)19-13-15-25-23-21(19)11-12-22-20(14-16-26-24(22)23)18-9-5-2-6-10-18;1-2-3/h1-32H;1-25H;1-16H;3H. The molecule has 0 fully saturated rings. The molecule has 21 aromatic rings. The highest BCUT2D eigenvalue weighted by atomic mass is 31.0. The lowest BCUT2D eigenvalue weighted by molar-refractivity contribution is 1.18. The first-order valence-corrected chi connectivity index (χ1v) is 38.8. The van der Waals surface area contributed by atoms with E-state index in [0.29, 0.717) is 0 Å². The van der Waals surface area contributed by atoms with Crippen molar-refractivity contribution in [3.05, 3.63) is 443 Å². The quantitative estimate of drug-likeness (QED) is 0.0695. The van der Waals surface area contributed by atoms with E-state index in [9.17, 15) is 0 Å². The van der Waals surface area contributed by atoms with E-state index in [1.54, 1.807) is 0 Å². The first-order valence-electron chi connectivity index (χ1n) is 38.3. The lowest BCUT2D eigenvalue weighted by atomic mass is 9.97. The van der Waals surface area contributed by atoms with Gasteiger partial charge in [-0.05, 0) is 218 Å². The van der Waals surface area contributed by atoms with Gasteiger partial charge in [0.1, 0.15) is 0 Å². The summed E-state index contributed by atoms with van der Waals surface area (Å²) in [6.45, 7) is 0. The molecule has 0 aliphatic rings. The smallest absolute Gasteiger partial charge is 0.265 e. The molecule has 18 aromatic carbocycles. The zero-order valence-electron chi connectivity index (χ0n) is 62.4. The lowest BCUT2D eigenvalue weighted by Crippen LogP contribution is -2.10. The molecule has 0 aliphatic carbocycles. The van der Waals surface area contributed by atoms with Gasteiger partial charge >= 0.3 is 0 Å². The van der Waals surface area contributed by atoms with Crippen molar-refractivity contribution in [1.82, 2.24) is 14.5 Å². The molecule has 0 amide bonds. The van der Waals surface area contributed by atoms with Crippen molar-refractivity contribution in [1.29, 1.82) is 0 Å². The third-order valence-electron chi connectivity index (χ3n) is 21.4. The first kappa shape index (κ1) is 71.0. The summed E-state index contributed by atoms with van der Waals surface area (Å²) in [6.07, 6.45) is 3.75. The molecule has 2 radical (unpaired) electrons. The minimum Gasteiger partial charge on any atom is -0.344 e. The van der Waals surface area contributed by atoms with Crippen LogP contribution < -0.4 is 9.80 Å². The molecule has 0 saturated heterocycles. The van der Waals surface area contributed by atoms with Crippen molar-refractivity contribution >= 4 is 138 Å². The Morgan fingerprint density at radius 3 is 0.965 bits per heavy atom. The Morgan fingerprint density at radius 1 is 0.237 bits per heavy atom. The number of benzene rings is 18. The highest BCUT2D eigenvalue weighted by Crippen LogP contribution is 2.44. The number of hydrogen-bond donors (Lipinski definition) is 0. The molecule has 0 bridgehead atoms. The van der Waals surface area contributed by atoms with Crippen LogP contribution in [0.15, 0.2) is 448 Å². The van der Waals surface area contributed by atoms with E-state index in [-0.39, 0.29) is 0 Å². The van der Waals surface area contributed by atoms with Crippen LogP contribution in [0.4, 0.5) is 34.1 Å². The van der Waals surface area contributed by atoms with E-state index in [0.717, 1.165) is 55.9 Å². The molecule has 21 rings (SSSR count). The van der Waals surface area contributed by atoms with Gasteiger partial charge in [-0.1, -0.05) is 309 Å². The number of para-hydroxylation sites is 3. The lowest BCUT2D eigenvalue weighted by Gasteiger charge is -2.27. The number of anilines is 6. The van der Waals surface area contributed by atoms with Gasteiger partial charge in [0.2, 0.25) is 0 Å². The Kier molecular flexibility index (Phi) is 20.3. The summed E-state index contributed by atoms with van der Waals surface area (Å²) in [5.74, 6) is 0. The third-order valence-corrected chi connectivity index (χ3v) is 21.4. The van der Waals surface area contributed by atoms with Gasteiger partial charge in [0.15, 0.2) is 0 Å². The van der Waals surface area contributed by atoms with E-state index in [1.165, 1.54) is 126 Å². The number of aromatic nitrogens is 3. The van der Waals surface area contributed by atoms with Crippen LogP contribution in [0, 0.1) is 0 Å². The number of rotatable bonds is 12. The SMILES string of the molecule is [B]N=P.c1ccc(-c2ccnc3c2ccc2c(-c4ccccc4)ccnc23)cc1.c1ccc(-n2c3ccc(-c4ccc5ccccc5c4)cc3c3cc(-c4ccc5ccccc5c4)ccc32)cc1.c1ccc(N(c2ccc(-c3ccc(N(c4ccccc4)c4cccc5ccccc45)cc3)cc2)c2cccc3ccccc23)cc1. The highest BCUT2D eigenvalue weighted by Gasteiger charge is 2.20. The molecule has 536 valence electrons. The molecule has 3 heterocycles. The molecule has 0 aliphatic heterocycles. The largest absolute Gasteiger partial charge is 0.344 e. The molecule has 6 nitrogen and oxygen atoms in total. The summed E-state index contributed by atoms with van der Waals surface area (Å²) in [6, 6.07) is 154. The van der Waals surface area contributed by atoms with E-state index < -0.39 is 0 Å². The van der Waals surface area contributed by atoms with E-state index in [4.69, 9.17) is 0 Å². The Morgan fingerprint density at radius 2 is 0.553 bits per heavy atom. The fourth-order valence-electron chi connectivity index (χ4n) is 16.0. The maximum absolute atomic E-state index is 4.67. The molecular weight excluding hydrogens is 1400 g/mol. The van der Waals surface area contributed by atoms with Crippen LogP contribution in [-0.2, 0) is 0 Å². The third kappa shape index (κ3) is 14.4. The van der Waals surface area contributed by atoms with Gasteiger partial charge < -0.3 is 19.0 Å². The molecule has 114 heavy (non-hydrogen) atoms. The minimum absolute atomic E-state index is 0.946. The van der Waals surface area contributed by atoms with Crippen molar-refractivity contribution in [2.45, 2.75) is 0 Å². The number of fused-ring (bicyclic) bond motifs is 10. The van der Waals surface area contributed by atoms with Crippen LogP contribution in [0.1, 0.15) is 0 Å². The molecule has 0 N–H and O–H groups in total. The summed E-state index contributed by atoms with van der Waals surface area (Å²) in [5, 5.41) is 14.8. The summed E-state index contributed by atoms with van der Waals surface area (Å²) < 4.78 is 5.19. The molecule has 8 heteroatoms. The first-order chi connectivity index (χ1) is 56.5. The molecule has 0 spiro atoms. The number of hydrogen-bond acceptors (Lipinski definition) is 5. The molecule has 0 saturated carbocycles. The van der Waals surface area contributed by atoms with E-state index in [1.807, 2.05) is 24.5 Å². The van der Waals surface area contributed by atoms with Crippen LogP contribution in [-0.4, -0.2) is 22.5 Å². The van der Waals surface area contributed by atoms with Crippen molar-refractivity contribution in [2.24, 2.45) is 4.66 Å². The predicted octanol–water partition coefficient (Wildman–Crippen LogP) is 29.5. The summed E-state index contributed by atoms with van der Waals surface area (Å²) in [7, 11) is 6.97. The van der Waals surface area contributed by atoms with Gasteiger partial charge in [-0.25, -0.2) is 0 Å². The van der Waals surface area contributed by atoms with Crippen LogP contribution in [0.3, 0.4) is 0 Å². The predicted molar refractivity (Wildman–Crippen MR) is 487 cm³/mol. The number of nitrogens with zero attached hydrogens (tertiary/aromatic N) is 6. The van der Waals surface area contributed by atoms with E-state index >= 15 is 0 Å². The zero-order valence-corrected chi connectivity index (χ0v) is 63.4. The van der Waals surface area contributed by atoms with E-state index in [2.05, 4.69) is 465 Å². The fourth-order valence-corrected chi connectivity index (χ4v) is 16.0.